The zero-order valence-electron chi connectivity index (χ0n) is 13.0. The minimum Gasteiger partial charge on any atom is -0.370 e. The van der Waals surface area contributed by atoms with Gasteiger partial charge in [-0.3, -0.25) is 4.68 Å². The summed E-state index contributed by atoms with van der Waals surface area (Å²) in [7, 11) is 0. The van der Waals surface area contributed by atoms with Crippen molar-refractivity contribution in [3.63, 3.8) is 0 Å². The van der Waals surface area contributed by atoms with Crippen molar-refractivity contribution >= 4 is 0 Å². The predicted molar refractivity (Wildman–Crippen MR) is 75.3 cm³/mol. The molecule has 4 nitrogen and oxygen atoms in total. The zero-order valence-corrected chi connectivity index (χ0v) is 13.0. The highest BCUT2D eigenvalue weighted by molar-refractivity contribution is 5.27. The molecule has 1 N–H and O–H groups in total. The van der Waals surface area contributed by atoms with Gasteiger partial charge in [0.2, 0.25) is 0 Å². The quantitative estimate of drug-likeness (QED) is 0.750. The molecule has 0 fully saturated rings. The third-order valence-electron chi connectivity index (χ3n) is 3.28. The lowest BCUT2D eigenvalue weighted by atomic mass is 10.1. The van der Waals surface area contributed by atoms with E-state index in [1.54, 1.807) is 4.68 Å². The van der Waals surface area contributed by atoms with E-state index in [0.717, 1.165) is 29.9 Å². The van der Waals surface area contributed by atoms with Crippen molar-refractivity contribution in [2.45, 2.75) is 52.9 Å². The van der Waals surface area contributed by atoms with Gasteiger partial charge in [0.1, 0.15) is 6.61 Å². The highest BCUT2D eigenvalue weighted by Crippen LogP contribution is 2.21. The van der Waals surface area contributed by atoms with Gasteiger partial charge in [-0.1, -0.05) is 6.92 Å². The fourth-order valence-corrected chi connectivity index (χ4v) is 2.36. The number of ether oxygens (including phenoxy) is 1. The lowest BCUT2D eigenvalue weighted by Crippen LogP contribution is -2.21. The molecule has 1 heterocycles. The number of nitrogens with zero attached hydrogens (tertiary/aromatic N) is 2. The average Bonchev–Trinajstić information content (AvgIpc) is 2.66. The van der Waals surface area contributed by atoms with E-state index < -0.39 is 12.8 Å². The van der Waals surface area contributed by atoms with Crippen LogP contribution in [0.2, 0.25) is 0 Å². The predicted octanol–water partition coefficient (Wildman–Crippen LogP) is 3.14. The molecule has 0 aromatic carbocycles. The molecule has 0 saturated heterocycles. The van der Waals surface area contributed by atoms with Crippen molar-refractivity contribution in [1.29, 1.82) is 0 Å². The molecule has 0 amide bonds. The van der Waals surface area contributed by atoms with Gasteiger partial charge in [0, 0.05) is 17.3 Å². The second-order valence-electron chi connectivity index (χ2n) is 5.15. The molecule has 0 aliphatic rings. The van der Waals surface area contributed by atoms with E-state index in [0.29, 0.717) is 6.54 Å². The highest BCUT2D eigenvalue weighted by Gasteiger charge is 2.27. The largest absolute Gasteiger partial charge is 0.411 e. The van der Waals surface area contributed by atoms with Crippen LogP contribution in [-0.2, 0) is 11.3 Å². The number of alkyl halides is 3. The molecular formula is C14H24F3N3O. The van der Waals surface area contributed by atoms with Crippen LogP contribution in [0.1, 0.15) is 43.3 Å². The topological polar surface area (TPSA) is 39.1 Å². The number of halogens is 3. The molecule has 122 valence electrons. The summed E-state index contributed by atoms with van der Waals surface area (Å²) in [5, 5.41) is 7.79. The van der Waals surface area contributed by atoms with Crippen LogP contribution in [0.4, 0.5) is 13.2 Å². The molecule has 1 unspecified atom stereocenters. The summed E-state index contributed by atoms with van der Waals surface area (Å²) in [5.74, 6) is 0. The Hall–Kier alpha value is -1.08. The summed E-state index contributed by atoms with van der Waals surface area (Å²) in [6.07, 6.45) is -3.24. The summed E-state index contributed by atoms with van der Waals surface area (Å²) in [5.41, 5.74) is 2.98. The summed E-state index contributed by atoms with van der Waals surface area (Å²) < 4.78 is 42.3. The summed E-state index contributed by atoms with van der Waals surface area (Å²) in [4.78, 5) is 0. The smallest absolute Gasteiger partial charge is 0.370 e. The van der Waals surface area contributed by atoms with Gasteiger partial charge in [-0.05, 0) is 33.7 Å². The van der Waals surface area contributed by atoms with E-state index in [1.165, 1.54) is 0 Å². The Labute approximate surface area is 123 Å². The monoisotopic (exact) mass is 307 g/mol. The van der Waals surface area contributed by atoms with E-state index in [4.69, 9.17) is 0 Å². The van der Waals surface area contributed by atoms with Crippen LogP contribution < -0.4 is 5.32 Å². The zero-order chi connectivity index (χ0) is 16.0. The van der Waals surface area contributed by atoms with Crippen molar-refractivity contribution in [1.82, 2.24) is 15.1 Å². The first-order chi connectivity index (χ1) is 9.76. The van der Waals surface area contributed by atoms with Gasteiger partial charge < -0.3 is 10.1 Å². The van der Waals surface area contributed by atoms with Crippen molar-refractivity contribution < 1.29 is 17.9 Å². The molecule has 1 aromatic rings. The Morgan fingerprint density at radius 1 is 1.33 bits per heavy atom. The molecule has 0 bridgehead atoms. The maximum Gasteiger partial charge on any atom is 0.411 e. The number of hydrogen-bond donors (Lipinski definition) is 1. The second-order valence-corrected chi connectivity index (χ2v) is 5.15. The van der Waals surface area contributed by atoms with Gasteiger partial charge in [0.25, 0.3) is 0 Å². The Bertz CT molecular complexity index is 443. The number of rotatable bonds is 8. The first-order valence-corrected chi connectivity index (χ1v) is 7.18. The number of aromatic nitrogens is 2. The van der Waals surface area contributed by atoms with Crippen LogP contribution in [0.15, 0.2) is 0 Å². The van der Waals surface area contributed by atoms with Crippen LogP contribution in [0.3, 0.4) is 0 Å². The molecule has 0 radical (unpaired) electrons. The number of hydrogen-bond acceptors (Lipinski definition) is 3. The Kier molecular flexibility index (Phi) is 6.67. The maximum atomic E-state index is 12.0. The normalized spacial score (nSPS) is 13.7. The van der Waals surface area contributed by atoms with Gasteiger partial charge in [-0.25, -0.2) is 0 Å². The van der Waals surface area contributed by atoms with E-state index in [2.05, 4.69) is 29.0 Å². The van der Waals surface area contributed by atoms with Crippen molar-refractivity contribution in [2.24, 2.45) is 0 Å². The van der Waals surface area contributed by atoms with Gasteiger partial charge in [-0.15, -0.1) is 0 Å². The van der Waals surface area contributed by atoms with E-state index >= 15 is 0 Å². The highest BCUT2D eigenvalue weighted by atomic mass is 19.4. The van der Waals surface area contributed by atoms with Gasteiger partial charge in [-0.2, -0.15) is 18.3 Å². The fraction of sp³-hybridized carbons (Fsp3) is 0.786. The maximum absolute atomic E-state index is 12.0. The van der Waals surface area contributed by atoms with Gasteiger partial charge >= 0.3 is 6.18 Å². The fourth-order valence-electron chi connectivity index (χ4n) is 2.36. The van der Waals surface area contributed by atoms with Crippen LogP contribution in [0, 0.1) is 13.8 Å². The molecule has 0 saturated carbocycles. The minimum atomic E-state index is -4.28. The molecule has 0 aliphatic heterocycles. The first kappa shape index (κ1) is 18.0. The molecule has 1 aromatic heterocycles. The summed E-state index contributed by atoms with van der Waals surface area (Å²) in [6.45, 7) is 8.04. The Balaban J connectivity index is 2.61. The summed E-state index contributed by atoms with van der Waals surface area (Å²) in [6, 6.07) is 0.176. The molecule has 7 heteroatoms. The third kappa shape index (κ3) is 5.67. The number of nitrogens with one attached hydrogen (secondary N) is 1. The lowest BCUT2D eigenvalue weighted by Gasteiger charge is -2.14. The second kappa shape index (κ2) is 7.79. The molecule has 0 aliphatic carbocycles. The molecular weight excluding hydrogens is 283 g/mol. The Morgan fingerprint density at radius 2 is 2.00 bits per heavy atom. The Morgan fingerprint density at radius 3 is 2.57 bits per heavy atom. The molecule has 1 atom stereocenters. The lowest BCUT2D eigenvalue weighted by molar-refractivity contribution is -0.174. The third-order valence-corrected chi connectivity index (χ3v) is 3.28. The van der Waals surface area contributed by atoms with E-state index in [9.17, 15) is 13.2 Å². The van der Waals surface area contributed by atoms with Crippen molar-refractivity contribution in [2.75, 3.05) is 19.8 Å². The van der Waals surface area contributed by atoms with Crippen molar-refractivity contribution in [3.8, 4) is 0 Å². The van der Waals surface area contributed by atoms with Crippen LogP contribution in [0.25, 0.3) is 0 Å². The minimum absolute atomic E-state index is 0.00230. The number of aryl methyl sites for hydroxylation is 1. The van der Waals surface area contributed by atoms with Crippen LogP contribution in [-0.4, -0.2) is 35.7 Å². The first-order valence-electron chi connectivity index (χ1n) is 7.18. The molecule has 1 rings (SSSR count). The van der Waals surface area contributed by atoms with Crippen LogP contribution in [0.5, 0.6) is 0 Å². The van der Waals surface area contributed by atoms with Crippen molar-refractivity contribution in [3.05, 3.63) is 17.0 Å². The SMILES string of the molecule is CCCNC(C)c1c(C)nn(CCOCC(F)(F)F)c1C. The van der Waals surface area contributed by atoms with Crippen LogP contribution >= 0.6 is 0 Å². The molecule has 0 spiro atoms. The van der Waals surface area contributed by atoms with E-state index in [1.807, 2.05) is 13.8 Å². The van der Waals surface area contributed by atoms with E-state index in [-0.39, 0.29) is 12.6 Å². The molecule has 21 heavy (non-hydrogen) atoms. The van der Waals surface area contributed by atoms with Gasteiger partial charge in [0.05, 0.1) is 18.8 Å². The standard InChI is InChI=1S/C14H24F3N3O/c1-5-6-18-10(2)13-11(3)19-20(12(13)4)7-8-21-9-14(15,16)17/h10,18H,5-9H2,1-4H3. The van der Waals surface area contributed by atoms with Gasteiger partial charge in [0.15, 0.2) is 0 Å². The average molecular weight is 307 g/mol. The summed E-state index contributed by atoms with van der Waals surface area (Å²) >= 11 is 0.